The monoisotopic (exact) mass is 359 g/mol. The molecule has 1 heterocycles. The number of halogens is 1. The van der Waals surface area contributed by atoms with Crippen molar-refractivity contribution in [3.63, 3.8) is 0 Å². The minimum Gasteiger partial charge on any atom is -0.486 e. The van der Waals surface area contributed by atoms with Gasteiger partial charge in [0.05, 0.1) is 0 Å². The van der Waals surface area contributed by atoms with Crippen molar-refractivity contribution in [2.75, 3.05) is 13.2 Å². The van der Waals surface area contributed by atoms with Gasteiger partial charge in [-0.1, -0.05) is 23.7 Å². The first-order valence-corrected chi connectivity index (χ1v) is 8.43. The van der Waals surface area contributed by atoms with Gasteiger partial charge in [0.15, 0.2) is 17.3 Å². The van der Waals surface area contributed by atoms with E-state index >= 15 is 0 Å². The van der Waals surface area contributed by atoms with Gasteiger partial charge in [0.2, 0.25) is 5.91 Å². The van der Waals surface area contributed by atoms with Crippen LogP contribution in [0.25, 0.3) is 0 Å². The fourth-order valence-corrected chi connectivity index (χ4v) is 2.74. The summed E-state index contributed by atoms with van der Waals surface area (Å²) in [5.41, 5.74) is 1.44. The van der Waals surface area contributed by atoms with Gasteiger partial charge in [-0.05, 0) is 35.9 Å². The summed E-state index contributed by atoms with van der Waals surface area (Å²) in [7, 11) is 0. The lowest BCUT2D eigenvalue weighted by Crippen LogP contribution is -2.23. The lowest BCUT2D eigenvalue weighted by Gasteiger charge is -2.18. The van der Waals surface area contributed by atoms with E-state index in [1.54, 1.807) is 30.3 Å². The van der Waals surface area contributed by atoms with Gasteiger partial charge in [-0.25, -0.2) is 0 Å². The van der Waals surface area contributed by atoms with Crippen molar-refractivity contribution in [3.05, 3.63) is 58.6 Å². The summed E-state index contributed by atoms with van der Waals surface area (Å²) < 4.78 is 10.9. The number of carbonyl (C=O) groups is 2. The molecule has 0 saturated heterocycles. The van der Waals surface area contributed by atoms with E-state index in [2.05, 4.69) is 5.32 Å². The first-order chi connectivity index (χ1) is 12.1. The smallest absolute Gasteiger partial charge is 0.220 e. The van der Waals surface area contributed by atoms with Crippen molar-refractivity contribution in [1.82, 2.24) is 5.32 Å². The number of hydrogen-bond acceptors (Lipinski definition) is 4. The molecule has 0 bridgehead atoms. The summed E-state index contributed by atoms with van der Waals surface area (Å²) in [6, 6.07) is 12.4. The average Bonchev–Trinajstić information content (AvgIpc) is 2.64. The van der Waals surface area contributed by atoms with Crippen LogP contribution < -0.4 is 14.8 Å². The van der Waals surface area contributed by atoms with Crippen LogP contribution in [0.1, 0.15) is 28.8 Å². The quantitative estimate of drug-likeness (QED) is 0.803. The normalized spacial score (nSPS) is 12.5. The van der Waals surface area contributed by atoms with Crippen LogP contribution in [0.5, 0.6) is 11.5 Å². The molecule has 0 fully saturated rings. The third-order valence-corrected chi connectivity index (χ3v) is 4.06. The number of ketones is 1. The Labute approximate surface area is 150 Å². The van der Waals surface area contributed by atoms with E-state index in [-0.39, 0.29) is 24.5 Å². The molecular weight excluding hydrogens is 342 g/mol. The van der Waals surface area contributed by atoms with Crippen LogP contribution in [0.15, 0.2) is 42.5 Å². The minimum absolute atomic E-state index is 0.102. The number of Topliss-reactive ketones (excluding diaryl/α,β-unsaturated/α-hetero) is 1. The van der Waals surface area contributed by atoms with Crippen molar-refractivity contribution in [3.8, 4) is 11.5 Å². The fraction of sp³-hybridized carbons (Fsp3) is 0.263. The molecule has 3 rings (SSSR count). The van der Waals surface area contributed by atoms with Gasteiger partial charge in [-0.3, -0.25) is 9.59 Å². The number of nitrogens with one attached hydrogen (secondary N) is 1. The summed E-state index contributed by atoms with van der Waals surface area (Å²) in [6.45, 7) is 1.36. The van der Waals surface area contributed by atoms with E-state index in [4.69, 9.17) is 21.1 Å². The van der Waals surface area contributed by atoms with E-state index in [0.29, 0.717) is 41.8 Å². The van der Waals surface area contributed by atoms with Crippen LogP contribution in [-0.2, 0) is 11.3 Å². The molecule has 5 nitrogen and oxygen atoms in total. The van der Waals surface area contributed by atoms with E-state index in [1.807, 2.05) is 12.1 Å². The number of rotatable bonds is 6. The van der Waals surface area contributed by atoms with Gasteiger partial charge in [0.25, 0.3) is 0 Å². The number of fused-ring (bicyclic) bond motifs is 1. The standard InChI is InChI=1S/C19H18ClNO4/c20-15-3-1-2-13(10-15)12-21-19(23)7-5-16(22)14-4-6-17-18(11-14)25-9-8-24-17/h1-4,6,10-11H,5,7-9,12H2,(H,21,23). The molecule has 1 aliphatic heterocycles. The average molecular weight is 360 g/mol. The molecule has 6 heteroatoms. The Balaban J connectivity index is 1.49. The second-order valence-electron chi connectivity index (χ2n) is 5.69. The Morgan fingerprint density at radius 3 is 2.60 bits per heavy atom. The molecule has 0 saturated carbocycles. The van der Waals surface area contributed by atoms with Crippen LogP contribution in [0.2, 0.25) is 5.02 Å². The van der Waals surface area contributed by atoms with E-state index < -0.39 is 0 Å². The highest BCUT2D eigenvalue weighted by atomic mass is 35.5. The number of benzene rings is 2. The fourth-order valence-electron chi connectivity index (χ4n) is 2.52. The first kappa shape index (κ1) is 17.3. The third kappa shape index (κ3) is 4.73. The van der Waals surface area contributed by atoms with E-state index in [9.17, 15) is 9.59 Å². The largest absolute Gasteiger partial charge is 0.486 e. The zero-order chi connectivity index (χ0) is 17.6. The molecule has 25 heavy (non-hydrogen) atoms. The molecule has 1 aliphatic rings. The van der Waals surface area contributed by atoms with Crippen molar-refractivity contribution in [2.24, 2.45) is 0 Å². The van der Waals surface area contributed by atoms with Crippen LogP contribution in [0.3, 0.4) is 0 Å². The van der Waals surface area contributed by atoms with E-state index in [1.165, 1.54) is 0 Å². The van der Waals surface area contributed by atoms with Gasteiger partial charge < -0.3 is 14.8 Å². The van der Waals surface area contributed by atoms with Gasteiger partial charge in [-0.2, -0.15) is 0 Å². The van der Waals surface area contributed by atoms with Gasteiger partial charge in [0, 0.05) is 30.0 Å². The van der Waals surface area contributed by atoms with Crippen molar-refractivity contribution in [2.45, 2.75) is 19.4 Å². The van der Waals surface area contributed by atoms with Crippen molar-refractivity contribution in [1.29, 1.82) is 0 Å². The predicted octanol–water partition coefficient (Wildman–Crippen LogP) is 3.39. The summed E-state index contributed by atoms with van der Waals surface area (Å²) in [6.07, 6.45) is 0.273. The predicted molar refractivity (Wildman–Crippen MR) is 94.3 cm³/mol. The Bertz CT molecular complexity index is 791. The second kappa shape index (κ2) is 8.03. The van der Waals surface area contributed by atoms with Crippen LogP contribution in [-0.4, -0.2) is 24.9 Å². The Morgan fingerprint density at radius 2 is 1.80 bits per heavy atom. The molecule has 1 amide bonds. The minimum atomic E-state index is -0.175. The number of ether oxygens (including phenoxy) is 2. The number of carbonyl (C=O) groups excluding carboxylic acids is 2. The summed E-state index contributed by atoms with van der Waals surface area (Å²) >= 11 is 5.90. The highest BCUT2D eigenvalue weighted by molar-refractivity contribution is 6.30. The van der Waals surface area contributed by atoms with Crippen LogP contribution >= 0.6 is 11.6 Å². The SMILES string of the molecule is O=C(CCC(=O)c1ccc2c(c1)OCCO2)NCc1cccc(Cl)c1. The maximum atomic E-state index is 12.3. The Hall–Kier alpha value is -2.53. The molecule has 0 spiro atoms. The van der Waals surface area contributed by atoms with Gasteiger partial charge in [-0.15, -0.1) is 0 Å². The highest BCUT2D eigenvalue weighted by Crippen LogP contribution is 2.31. The maximum absolute atomic E-state index is 12.3. The molecule has 0 unspecified atom stereocenters. The zero-order valence-corrected chi connectivity index (χ0v) is 14.3. The first-order valence-electron chi connectivity index (χ1n) is 8.06. The molecule has 130 valence electrons. The lowest BCUT2D eigenvalue weighted by molar-refractivity contribution is -0.121. The van der Waals surface area contributed by atoms with Gasteiger partial charge in [0.1, 0.15) is 13.2 Å². The Morgan fingerprint density at radius 1 is 1.00 bits per heavy atom. The molecular formula is C19H18ClNO4. The van der Waals surface area contributed by atoms with Crippen LogP contribution in [0, 0.1) is 0 Å². The van der Waals surface area contributed by atoms with Crippen molar-refractivity contribution < 1.29 is 19.1 Å². The molecule has 0 atom stereocenters. The van der Waals surface area contributed by atoms with Crippen molar-refractivity contribution >= 4 is 23.3 Å². The summed E-state index contributed by atoms with van der Waals surface area (Å²) in [5.74, 6) is 0.935. The van der Waals surface area contributed by atoms with E-state index in [0.717, 1.165) is 5.56 Å². The molecule has 2 aromatic carbocycles. The number of hydrogen-bond donors (Lipinski definition) is 1. The lowest BCUT2D eigenvalue weighted by atomic mass is 10.1. The van der Waals surface area contributed by atoms with Gasteiger partial charge >= 0.3 is 0 Å². The highest BCUT2D eigenvalue weighted by Gasteiger charge is 2.15. The topological polar surface area (TPSA) is 64.6 Å². The molecule has 2 aromatic rings. The molecule has 0 radical (unpaired) electrons. The number of amides is 1. The summed E-state index contributed by atoms with van der Waals surface area (Å²) in [4.78, 5) is 24.2. The van der Waals surface area contributed by atoms with Crippen LogP contribution in [0.4, 0.5) is 0 Å². The molecule has 0 aromatic heterocycles. The Kier molecular flexibility index (Phi) is 5.56. The summed E-state index contributed by atoms with van der Waals surface area (Å²) in [5, 5.41) is 3.41. The zero-order valence-electron chi connectivity index (χ0n) is 13.6. The molecule has 1 N–H and O–H groups in total. The third-order valence-electron chi connectivity index (χ3n) is 3.82. The second-order valence-corrected chi connectivity index (χ2v) is 6.12. The molecule has 0 aliphatic carbocycles. The maximum Gasteiger partial charge on any atom is 0.220 e.